The maximum absolute atomic E-state index is 9.15. The van der Waals surface area contributed by atoms with E-state index in [0.717, 1.165) is 24.3 Å². The number of benzene rings is 1. The molecule has 2 nitrogen and oxygen atoms in total. The largest absolute Gasteiger partial charge is 0.493 e. The fraction of sp³-hybridized carbons (Fsp3) is 0.692. The van der Waals surface area contributed by atoms with Crippen LogP contribution in [0.3, 0.4) is 0 Å². The van der Waals surface area contributed by atoms with Gasteiger partial charge in [0.1, 0.15) is 5.75 Å². The molecule has 0 atom stereocenters. The van der Waals surface area contributed by atoms with Crippen LogP contribution in [0.4, 0.5) is 0 Å². The average Bonchev–Trinajstić information content (AvgIpc) is 3.25. The number of ether oxygens (including phenoxy) is 1. The standard InChI is InChI=1S/C26H42O2/c1-2-3-4-5-6-7-8-9-10-13-22-28-26-24(19-15-21-27)18-14-20-25(26)23-16-11-12-17-23/h14-15,18-20,23,27H,2-13,16-17,21-22H2,1H3. The van der Waals surface area contributed by atoms with Crippen LogP contribution in [0.2, 0.25) is 0 Å². The minimum atomic E-state index is 0.0749. The van der Waals surface area contributed by atoms with E-state index in [1.54, 1.807) is 6.08 Å². The molecular formula is C26H42O2. The molecule has 2 heteroatoms. The summed E-state index contributed by atoms with van der Waals surface area (Å²) < 4.78 is 6.32. The molecule has 28 heavy (non-hydrogen) atoms. The van der Waals surface area contributed by atoms with Crippen molar-refractivity contribution in [2.75, 3.05) is 13.2 Å². The summed E-state index contributed by atoms with van der Waals surface area (Å²) in [6.07, 6.45) is 22.5. The summed E-state index contributed by atoms with van der Waals surface area (Å²) in [5.41, 5.74) is 2.50. The lowest BCUT2D eigenvalue weighted by Gasteiger charge is -2.18. The Morgan fingerprint density at radius 2 is 1.57 bits per heavy atom. The second-order valence-corrected chi connectivity index (χ2v) is 8.36. The molecule has 2 rings (SSSR count). The third kappa shape index (κ3) is 8.39. The van der Waals surface area contributed by atoms with Gasteiger partial charge in [-0.2, -0.15) is 0 Å². The molecule has 0 saturated heterocycles. The van der Waals surface area contributed by atoms with E-state index in [2.05, 4.69) is 25.1 Å². The van der Waals surface area contributed by atoms with E-state index in [4.69, 9.17) is 9.84 Å². The average molecular weight is 387 g/mol. The minimum absolute atomic E-state index is 0.0749. The lowest BCUT2D eigenvalue weighted by Crippen LogP contribution is -2.04. The van der Waals surface area contributed by atoms with Crippen LogP contribution in [0.5, 0.6) is 5.75 Å². The quantitative estimate of drug-likeness (QED) is 0.314. The first-order valence-corrected chi connectivity index (χ1v) is 11.9. The molecule has 1 saturated carbocycles. The van der Waals surface area contributed by atoms with Gasteiger partial charge in [-0.15, -0.1) is 0 Å². The van der Waals surface area contributed by atoms with Gasteiger partial charge in [-0.3, -0.25) is 0 Å². The number of aliphatic hydroxyl groups excluding tert-OH is 1. The summed E-state index contributed by atoms with van der Waals surface area (Å²) >= 11 is 0. The zero-order valence-electron chi connectivity index (χ0n) is 18.1. The Balaban J connectivity index is 1.73. The van der Waals surface area contributed by atoms with Crippen LogP contribution < -0.4 is 4.74 Å². The van der Waals surface area contributed by atoms with Crippen LogP contribution in [-0.2, 0) is 0 Å². The number of unbranched alkanes of at least 4 members (excludes halogenated alkanes) is 9. The smallest absolute Gasteiger partial charge is 0.129 e. The predicted octanol–water partition coefficient (Wildman–Crippen LogP) is 7.65. The van der Waals surface area contributed by atoms with E-state index < -0.39 is 0 Å². The maximum atomic E-state index is 9.15. The summed E-state index contributed by atoms with van der Waals surface area (Å²) in [6, 6.07) is 6.50. The Morgan fingerprint density at radius 1 is 0.929 bits per heavy atom. The summed E-state index contributed by atoms with van der Waals surface area (Å²) in [7, 11) is 0. The first-order valence-electron chi connectivity index (χ1n) is 11.9. The molecule has 1 aromatic rings. The van der Waals surface area contributed by atoms with Gasteiger partial charge in [-0.05, 0) is 30.7 Å². The fourth-order valence-corrected chi connectivity index (χ4v) is 4.37. The topological polar surface area (TPSA) is 29.5 Å². The molecule has 0 heterocycles. The summed E-state index contributed by atoms with van der Waals surface area (Å²) in [5.74, 6) is 1.71. The molecule has 158 valence electrons. The second kappa shape index (κ2) is 14.7. The SMILES string of the molecule is CCCCCCCCCCCCOc1c(C=CCO)cccc1C1CCCC1. The minimum Gasteiger partial charge on any atom is -0.493 e. The van der Waals surface area contributed by atoms with Gasteiger partial charge < -0.3 is 9.84 Å². The zero-order chi connectivity index (χ0) is 19.9. The van der Waals surface area contributed by atoms with Crippen LogP contribution >= 0.6 is 0 Å². The van der Waals surface area contributed by atoms with Crippen molar-refractivity contribution in [3.8, 4) is 5.75 Å². The molecular weight excluding hydrogens is 344 g/mol. The summed E-state index contributed by atoms with van der Waals surface area (Å²) in [4.78, 5) is 0. The van der Waals surface area contributed by atoms with Gasteiger partial charge >= 0.3 is 0 Å². The van der Waals surface area contributed by atoms with Crippen molar-refractivity contribution in [3.63, 3.8) is 0 Å². The van der Waals surface area contributed by atoms with Crippen molar-refractivity contribution in [2.45, 2.75) is 103 Å². The lowest BCUT2D eigenvalue weighted by molar-refractivity contribution is 0.299. The van der Waals surface area contributed by atoms with Gasteiger partial charge in [-0.1, -0.05) is 108 Å². The van der Waals surface area contributed by atoms with Crippen molar-refractivity contribution >= 4 is 6.08 Å². The molecule has 0 unspecified atom stereocenters. The highest BCUT2D eigenvalue weighted by molar-refractivity contribution is 5.60. The van der Waals surface area contributed by atoms with Gasteiger partial charge in [0, 0.05) is 5.56 Å². The number of hydrogen-bond donors (Lipinski definition) is 1. The number of rotatable bonds is 15. The van der Waals surface area contributed by atoms with Gasteiger partial charge in [0.05, 0.1) is 13.2 Å². The number of hydrogen-bond acceptors (Lipinski definition) is 2. The molecule has 0 amide bonds. The highest BCUT2D eigenvalue weighted by Gasteiger charge is 2.21. The molecule has 1 aliphatic rings. The van der Waals surface area contributed by atoms with Crippen LogP contribution in [0.1, 0.15) is 114 Å². The van der Waals surface area contributed by atoms with Crippen LogP contribution in [0, 0.1) is 0 Å². The Bertz CT molecular complexity index is 543. The monoisotopic (exact) mass is 386 g/mol. The molecule has 0 radical (unpaired) electrons. The van der Waals surface area contributed by atoms with Crippen molar-refractivity contribution < 1.29 is 9.84 Å². The summed E-state index contributed by atoms with van der Waals surface area (Å²) in [5, 5.41) is 9.15. The first kappa shape index (κ1) is 23.0. The van der Waals surface area contributed by atoms with E-state index in [-0.39, 0.29) is 6.61 Å². The van der Waals surface area contributed by atoms with E-state index in [9.17, 15) is 0 Å². The first-order chi connectivity index (χ1) is 13.9. The molecule has 1 aliphatic carbocycles. The highest BCUT2D eigenvalue weighted by atomic mass is 16.5. The lowest BCUT2D eigenvalue weighted by atomic mass is 9.94. The highest BCUT2D eigenvalue weighted by Crippen LogP contribution is 2.40. The number of para-hydroxylation sites is 1. The zero-order valence-corrected chi connectivity index (χ0v) is 18.1. The van der Waals surface area contributed by atoms with Crippen LogP contribution in [0.15, 0.2) is 24.3 Å². The van der Waals surface area contributed by atoms with E-state index in [1.807, 2.05) is 6.08 Å². The van der Waals surface area contributed by atoms with E-state index in [1.165, 1.54) is 89.0 Å². The third-order valence-corrected chi connectivity index (χ3v) is 6.02. The summed E-state index contributed by atoms with van der Waals surface area (Å²) in [6.45, 7) is 3.16. The van der Waals surface area contributed by atoms with Crippen molar-refractivity contribution in [2.24, 2.45) is 0 Å². The predicted molar refractivity (Wildman–Crippen MR) is 121 cm³/mol. The Labute approximate surface area is 173 Å². The Morgan fingerprint density at radius 3 is 2.21 bits per heavy atom. The molecule has 1 aromatic carbocycles. The fourth-order valence-electron chi connectivity index (χ4n) is 4.37. The van der Waals surface area contributed by atoms with Crippen LogP contribution in [0.25, 0.3) is 6.08 Å². The molecule has 0 aromatic heterocycles. The number of aliphatic hydroxyl groups is 1. The molecule has 0 bridgehead atoms. The normalized spacial score (nSPS) is 14.9. The van der Waals surface area contributed by atoms with Gasteiger partial charge in [0.25, 0.3) is 0 Å². The van der Waals surface area contributed by atoms with Crippen LogP contribution in [-0.4, -0.2) is 18.3 Å². The van der Waals surface area contributed by atoms with E-state index >= 15 is 0 Å². The van der Waals surface area contributed by atoms with Crippen molar-refractivity contribution in [1.29, 1.82) is 0 Å². The van der Waals surface area contributed by atoms with Crippen molar-refractivity contribution in [3.05, 3.63) is 35.4 Å². The van der Waals surface area contributed by atoms with Crippen molar-refractivity contribution in [1.82, 2.24) is 0 Å². The van der Waals surface area contributed by atoms with Gasteiger partial charge in [-0.25, -0.2) is 0 Å². The molecule has 1 fully saturated rings. The van der Waals surface area contributed by atoms with Gasteiger partial charge in [0.2, 0.25) is 0 Å². The molecule has 0 spiro atoms. The molecule has 0 aliphatic heterocycles. The maximum Gasteiger partial charge on any atom is 0.129 e. The Kier molecular flexibility index (Phi) is 12.1. The Hall–Kier alpha value is -1.28. The molecule has 1 N–H and O–H groups in total. The van der Waals surface area contributed by atoms with E-state index in [0.29, 0.717) is 5.92 Å². The third-order valence-electron chi connectivity index (χ3n) is 6.02. The van der Waals surface area contributed by atoms with Gasteiger partial charge in [0.15, 0.2) is 0 Å². The second-order valence-electron chi connectivity index (χ2n) is 8.36.